The van der Waals surface area contributed by atoms with Crippen LogP contribution < -0.4 is 9.47 Å². The SMILES string of the molecule is COc1ccnc(Cn2cnc(Cl)c2Cl)c1OC. The lowest BCUT2D eigenvalue weighted by Crippen LogP contribution is -2.04. The number of rotatable bonds is 4. The fourth-order valence-corrected chi connectivity index (χ4v) is 1.88. The second-order valence-corrected chi connectivity index (χ2v) is 4.16. The van der Waals surface area contributed by atoms with Gasteiger partial charge in [0.15, 0.2) is 16.7 Å². The summed E-state index contributed by atoms with van der Waals surface area (Å²) in [5.74, 6) is 1.19. The van der Waals surface area contributed by atoms with Gasteiger partial charge in [-0.2, -0.15) is 0 Å². The van der Waals surface area contributed by atoms with Crippen molar-refractivity contribution < 1.29 is 9.47 Å². The Labute approximate surface area is 114 Å². The zero-order valence-corrected chi connectivity index (χ0v) is 11.4. The molecule has 5 nitrogen and oxygen atoms in total. The smallest absolute Gasteiger partial charge is 0.184 e. The molecule has 2 aromatic heterocycles. The summed E-state index contributed by atoms with van der Waals surface area (Å²) in [6.07, 6.45) is 3.19. The van der Waals surface area contributed by atoms with E-state index < -0.39 is 0 Å². The zero-order chi connectivity index (χ0) is 13.1. The highest BCUT2D eigenvalue weighted by molar-refractivity contribution is 6.40. The standard InChI is InChI=1S/C11H11Cl2N3O2/c1-17-8-3-4-14-7(9(8)18-2)5-16-6-15-10(12)11(16)13/h3-4,6H,5H2,1-2H3. The van der Waals surface area contributed by atoms with Crippen molar-refractivity contribution in [3.63, 3.8) is 0 Å². The van der Waals surface area contributed by atoms with Crippen molar-refractivity contribution in [3.05, 3.63) is 34.6 Å². The number of methoxy groups -OCH3 is 2. The third-order valence-corrected chi connectivity index (χ3v) is 3.19. The molecule has 96 valence electrons. The van der Waals surface area contributed by atoms with Crippen LogP contribution in [0.15, 0.2) is 18.6 Å². The van der Waals surface area contributed by atoms with Gasteiger partial charge in [0.25, 0.3) is 0 Å². The van der Waals surface area contributed by atoms with Crippen LogP contribution >= 0.6 is 23.2 Å². The van der Waals surface area contributed by atoms with Crippen molar-refractivity contribution in [2.75, 3.05) is 14.2 Å². The van der Waals surface area contributed by atoms with E-state index in [1.807, 2.05) is 0 Å². The largest absolute Gasteiger partial charge is 0.493 e. The maximum absolute atomic E-state index is 6.00. The van der Waals surface area contributed by atoms with Crippen LogP contribution in [0.3, 0.4) is 0 Å². The van der Waals surface area contributed by atoms with Gasteiger partial charge in [-0.15, -0.1) is 0 Å². The Morgan fingerprint density at radius 3 is 2.56 bits per heavy atom. The second-order valence-electron chi connectivity index (χ2n) is 3.45. The molecule has 0 aromatic carbocycles. The normalized spacial score (nSPS) is 10.4. The number of pyridine rings is 1. The predicted octanol–water partition coefficient (Wildman–Crippen LogP) is 2.65. The molecule has 0 aliphatic rings. The highest BCUT2D eigenvalue weighted by atomic mass is 35.5. The lowest BCUT2D eigenvalue weighted by atomic mass is 10.3. The van der Waals surface area contributed by atoms with Crippen LogP contribution in [0.5, 0.6) is 11.5 Å². The molecule has 0 fully saturated rings. The molecule has 0 atom stereocenters. The van der Waals surface area contributed by atoms with Crippen molar-refractivity contribution in [2.45, 2.75) is 6.54 Å². The molecule has 7 heteroatoms. The lowest BCUT2D eigenvalue weighted by molar-refractivity contribution is 0.348. The fourth-order valence-electron chi connectivity index (χ4n) is 1.58. The first-order chi connectivity index (χ1) is 8.67. The third-order valence-electron chi connectivity index (χ3n) is 2.42. The maximum atomic E-state index is 6.00. The van der Waals surface area contributed by atoms with E-state index in [4.69, 9.17) is 32.7 Å². The Kier molecular flexibility index (Phi) is 3.93. The molecular weight excluding hydrogens is 277 g/mol. The first-order valence-corrected chi connectivity index (χ1v) is 5.85. The Morgan fingerprint density at radius 1 is 1.22 bits per heavy atom. The first kappa shape index (κ1) is 13.0. The van der Waals surface area contributed by atoms with E-state index in [1.54, 1.807) is 37.4 Å². The van der Waals surface area contributed by atoms with Gasteiger partial charge in [0.05, 0.1) is 27.1 Å². The van der Waals surface area contributed by atoms with E-state index in [2.05, 4.69) is 9.97 Å². The predicted molar refractivity (Wildman–Crippen MR) is 68.7 cm³/mol. The summed E-state index contributed by atoms with van der Waals surface area (Å²) in [6.45, 7) is 0.402. The van der Waals surface area contributed by atoms with Crippen LogP contribution in [-0.2, 0) is 6.54 Å². The van der Waals surface area contributed by atoms with Crippen LogP contribution in [0.1, 0.15) is 5.69 Å². The van der Waals surface area contributed by atoms with Crippen LogP contribution in [0.4, 0.5) is 0 Å². The van der Waals surface area contributed by atoms with E-state index in [0.717, 1.165) is 0 Å². The van der Waals surface area contributed by atoms with Crippen LogP contribution in [-0.4, -0.2) is 28.8 Å². The molecule has 0 bridgehead atoms. The molecule has 0 radical (unpaired) electrons. The van der Waals surface area contributed by atoms with Crippen molar-refractivity contribution in [2.24, 2.45) is 0 Å². The Morgan fingerprint density at radius 2 is 2.00 bits per heavy atom. The third kappa shape index (κ3) is 2.37. The topological polar surface area (TPSA) is 49.2 Å². The first-order valence-electron chi connectivity index (χ1n) is 5.09. The van der Waals surface area contributed by atoms with Crippen LogP contribution in [0.2, 0.25) is 10.3 Å². The fraction of sp³-hybridized carbons (Fsp3) is 0.273. The Hall–Kier alpha value is -1.46. The van der Waals surface area contributed by atoms with Gasteiger partial charge in [-0.05, 0) is 0 Å². The minimum atomic E-state index is 0.263. The zero-order valence-electron chi connectivity index (χ0n) is 9.85. The van der Waals surface area contributed by atoms with Gasteiger partial charge in [-0.3, -0.25) is 4.98 Å². The van der Waals surface area contributed by atoms with Gasteiger partial charge in [0.2, 0.25) is 0 Å². The van der Waals surface area contributed by atoms with Crippen molar-refractivity contribution >= 4 is 23.2 Å². The number of imidazole rings is 1. The number of hydrogen-bond acceptors (Lipinski definition) is 4. The highest BCUT2D eigenvalue weighted by Gasteiger charge is 2.14. The number of nitrogens with zero attached hydrogens (tertiary/aromatic N) is 3. The minimum Gasteiger partial charge on any atom is -0.493 e. The molecule has 0 saturated carbocycles. The summed E-state index contributed by atoms with van der Waals surface area (Å²) in [7, 11) is 3.13. The summed E-state index contributed by atoms with van der Waals surface area (Å²) in [5.41, 5.74) is 0.688. The Balaban J connectivity index is 2.37. The van der Waals surface area contributed by atoms with E-state index in [9.17, 15) is 0 Å². The number of hydrogen-bond donors (Lipinski definition) is 0. The molecule has 0 spiro atoms. The molecule has 0 unspecified atom stereocenters. The molecule has 18 heavy (non-hydrogen) atoms. The molecule has 2 heterocycles. The van der Waals surface area contributed by atoms with E-state index >= 15 is 0 Å². The lowest BCUT2D eigenvalue weighted by Gasteiger charge is -2.12. The molecule has 0 aliphatic heterocycles. The number of aromatic nitrogens is 3. The summed E-state index contributed by atoms with van der Waals surface area (Å²) >= 11 is 11.8. The average molecular weight is 288 g/mol. The Bertz CT molecular complexity index is 557. The van der Waals surface area contributed by atoms with Gasteiger partial charge in [-0.25, -0.2) is 4.98 Å². The van der Waals surface area contributed by atoms with Gasteiger partial charge < -0.3 is 14.0 Å². The average Bonchev–Trinajstić information content (AvgIpc) is 2.70. The quantitative estimate of drug-likeness (QED) is 0.867. The van der Waals surface area contributed by atoms with E-state index in [1.165, 1.54) is 0 Å². The van der Waals surface area contributed by atoms with E-state index in [0.29, 0.717) is 28.9 Å². The van der Waals surface area contributed by atoms with E-state index in [-0.39, 0.29) is 5.15 Å². The molecule has 0 N–H and O–H groups in total. The second kappa shape index (κ2) is 5.46. The highest BCUT2D eigenvalue weighted by Crippen LogP contribution is 2.30. The van der Waals surface area contributed by atoms with Crippen LogP contribution in [0.25, 0.3) is 0 Å². The minimum absolute atomic E-state index is 0.263. The van der Waals surface area contributed by atoms with Gasteiger partial charge in [0.1, 0.15) is 10.8 Å². The summed E-state index contributed by atoms with van der Waals surface area (Å²) in [5, 5.41) is 0.627. The monoisotopic (exact) mass is 287 g/mol. The van der Waals surface area contributed by atoms with Gasteiger partial charge in [-0.1, -0.05) is 23.2 Å². The molecule has 2 rings (SSSR count). The molecule has 0 aliphatic carbocycles. The van der Waals surface area contributed by atoms with Crippen molar-refractivity contribution in [1.29, 1.82) is 0 Å². The van der Waals surface area contributed by atoms with Crippen molar-refractivity contribution in [3.8, 4) is 11.5 Å². The van der Waals surface area contributed by atoms with Crippen molar-refractivity contribution in [1.82, 2.24) is 14.5 Å². The maximum Gasteiger partial charge on any atom is 0.184 e. The summed E-state index contributed by atoms with van der Waals surface area (Å²) in [6, 6.07) is 1.73. The molecular formula is C11H11Cl2N3O2. The number of ether oxygens (including phenoxy) is 2. The van der Waals surface area contributed by atoms with Gasteiger partial charge >= 0.3 is 0 Å². The number of halogens is 2. The molecule has 0 saturated heterocycles. The van der Waals surface area contributed by atoms with Gasteiger partial charge in [0, 0.05) is 12.3 Å². The van der Waals surface area contributed by atoms with Crippen LogP contribution in [0, 0.1) is 0 Å². The summed E-state index contributed by atoms with van der Waals surface area (Å²) in [4.78, 5) is 8.16. The summed E-state index contributed by atoms with van der Waals surface area (Å²) < 4.78 is 12.2. The molecule has 0 amide bonds. The molecule has 2 aromatic rings.